The molecule has 0 bridgehead atoms. The summed E-state index contributed by atoms with van der Waals surface area (Å²) < 4.78 is 31.7. The zero-order valence-corrected chi connectivity index (χ0v) is 19.9. The van der Waals surface area contributed by atoms with E-state index in [1.807, 2.05) is 12.4 Å². The molecule has 2 aromatic heterocycles. The lowest BCUT2D eigenvalue weighted by atomic mass is 10.0. The molecule has 2 saturated heterocycles. The third-order valence-electron chi connectivity index (χ3n) is 6.68. The molecule has 2 aliphatic heterocycles. The highest BCUT2D eigenvalue weighted by atomic mass is 19.4. The number of imidazole rings is 2. The second-order valence-electron chi connectivity index (χ2n) is 9.24. The molecule has 4 aromatic rings. The van der Waals surface area contributed by atoms with Crippen molar-refractivity contribution in [2.75, 3.05) is 13.1 Å². The zero-order valence-electron chi connectivity index (χ0n) is 19.9. The fourth-order valence-electron chi connectivity index (χ4n) is 4.74. The predicted octanol–water partition coefficient (Wildman–Crippen LogP) is 5.10. The van der Waals surface area contributed by atoms with Crippen LogP contribution in [0.2, 0.25) is 0 Å². The predicted molar refractivity (Wildman–Crippen MR) is 133 cm³/mol. The van der Waals surface area contributed by atoms with Gasteiger partial charge >= 0.3 is 12.1 Å². The summed E-state index contributed by atoms with van der Waals surface area (Å²) >= 11 is 0. The topological polar surface area (TPSA) is 119 Å². The van der Waals surface area contributed by atoms with Crippen molar-refractivity contribution in [1.82, 2.24) is 30.6 Å². The van der Waals surface area contributed by atoms with Crippen LogP contribution < -0.4 is 10.6 Å². The summed E-state index contributed by atoms with van der Waals surface area (Å²) in [4.78, 5) is 25.1. The van der Waals surface area contributed by atoms with Gasteiger partial charge in [-0.05, 0) is 61.7 Å². The van der Waals surface area contributed by atoms with Crippen molar-refractivity contribution >= 4 is 16.7 Å². The van der Waals surface area contributed by atoms with Gasteiger partial charge in [-0.3, -0.25) is 0 Å². The van der Waals surface area contributed by atoms with Crippen LogP contribution in [-0.2, 0) is 4.79 Å². The third-order valence-corrected chi connectivity index (χ3v) is 6.68. The Morgan fingerprint density at radius 1 is 0.811 bits per heavy atom. The number of carboxylic acids is 1. The summed E-state index contributed by atoms with van der Waals surface area (Å²) in [6, 6.07) is 13.9. The highest BCUT2D eigenvalue weighted by molar-refractivity contribution is 5.90. The molecular weight excluding hydrogens is 485 g/mol. The van der Waals surface area contributed by atoms with Crippen molar-refractivity contribution in [3.05, 3.63) is 60.4 Å². The van der Waals surface area contributed by atoms with Gasteiger partial charge in [0.15, 0.2) is 0 Å². The lowest BCUT2D eigenvalue weighted by molar-refractivity contribution is -0.192. The number of benzene rings is 2. The van der Waals surface area contributed by atoms with Crippen LogP contribution in [0, 0.1) is 0 Å². The van der Waals surface area contributed by atoms with Crippen LogP contribution in [0.1, 0.15) is 49.4 Å². The van der Waals surface area contributed by atoms with Gasteiger partial charge in [0, 0.05) is 11.1 Å². The normalized spacial score (nSPS) is 19.6. The maximum Gasteiger partial charge on any atom is 0.490 e. The van der Waals surface area contributed by atoms with Crippen molar-refractivity contribution in [2.45, 2.75) is 43.9 Å². The molecule has 2 aromatic carbocycles. The Morgan fingerprint density at radius 3 is 1.59 bits per heavy atom. The SMILES string of the molecule is O=C(O)C(F)(F)F.c1cc2cc(-c3cnc([C@@H]4CCCN4)[nH]3)ccc2cc1-c1cnc([C@@H]2CCCN2)[nH]1. The molecule has 194 valence electrons. The number of carboxylic acid groups (broad SMARTS) is 1. The lowest BCUT2D eigenvalue weighted by Crippen LogP contribution is -2.21. The van der Waals surface area contributed by atoms with Crippen LogP contribution in [0.3, 0.4) is 0 Å². The molecule has 37 heavy (non-hydrogen) atoms. The number of aliphatic carboxylic acids is 1. The molecule has 4 heterocycles. The average molecular weight is 513 g/mol. The summed E-state index contributed by atoms with van der Waals surface area (Å²) in [5, 5.41) is 16.6. The standard InChI is InChI=1S/C24H26N6.C2HF3O2/c1-3-19(25-9-1)23-27-13-21(29-23)17-7-5-16-12-18(8-6-15(16)11-17)22-14-28-24(30-22)20-4-2-10-26-20;3-2(4,5)1(6)7/h5-8,11-14,19-20,25-26H,1-4,9-10H2,(H,27,29)(H,28,30);(H,6,7)/t19-,20-;/m0./s1. The number of hydrogen-bond donors (Lipinski definition) is 5. The van der Waals surface area contributed by atoms with Crippen LogP contribution >= 0.6 is 0 Å². The Morgan fingerprint density at radius 2 is 1.24 bits per heavy atom. The fourth-order valence-corrected chi connectivity index (χ4v) is 4.74. The van der Waals surface area contributed by atoms with E-state index in [2.05, 4.69) is 67.0 Å². The smallest absolute Gasteiger partial charge is 0.475 e. The first-order chi connectivity index (χ1) is 17.8. The van der Waals surface area contributed by atoms with E-state index in [0.717, 1.165) is 49.0 Å². The van der Waals surface area contributed by atoms with E-state index in [9.17, 15) is 13.2 Å². The van der Waals surface area contributed by atoms with Gasteiger partial charge < -0.3 is 25.7 Å². The number of H-pyrrole nitrogens is 2. The molecule has 0 aliphatic carbocycles. The van der Waals surface area contributed by atoms with Crippen LogP contribution in [0.25, 0.3) is 33.3 Å². The van der Waals surface area contributed by atoms with Crippen molar-refractivity contribution in [3.8, 4) is 22.5 Å². The fraction of sp³-hybridized carbons (Fsp3) is 0.346. The van der Waals surface area contributed by atoms with Gasteiger partial charge in [-0.25, -0.2) is 14.8 Å². The number of nitrogens with one attached hydrogen (secondary N) is 4. The highest BCUT2D eigenvalue weighted by Crippen LogP contribution is 2.30. The Bertz CT molecular complexity index is 1290. The van der Waals surface area contributed by atoms with Gasteiger partial charge in [-0.1, -0.05) is 24.3 Å². The lowest BCUT2D eigenvalue weighted by Gasteiger charge is -2.07. The Labute approximate surface area is 210 Å². The van der Waals surface area contributed by atoms with Crippen LogP contribution in [0.4, 0.5) is 13.2 Å². The second kappa shape index (κ2) is 10.3. The number of aromatic amines is 2. The summed E-state index contributed by atoms with van der Waals surface area (Å²) in [6.45, 7) is 2.15. The Kier molecular flexibility index (Phi) is 6.98. The molecule has 0 amide bonds. The molecule has 8 nitrogen and oxygen atoms in total. The summed E-state index contributed by atoms with van der Waals surface area (Å²) in [5.41, 5.74) is 4.49. The molecule has 2 fully saturated rings. The molecule has 6 rings (SSSR count). The Hall–Kier alpha value is -3.70. The van der Waals surface area contributed by atoms with Gasteiger partial charge in [-0.2, -0.15) is 13.2 Å². The van der Waals surface area contributed by atoms with Crippen LogP contribution in [0.5, 0.6) is 0 Å². The van der Waals surface area contributed by atoms with E-state index in [4.69, 9.17) is 9.90 Å². The number of halogens is 3. The summed E-state index contributed by atoms with van der Waals surface area (Å²) in [7, 11) is 0. The number of rotatable bonds is 4. The summed E-state index contributed by atoms with van der Waals surface area (Å²) in [5.74, 6) is -0.665. The van der Waals surface area contributed by atoms with E-state index in [0.29, 0.717) is 12.1 Å². The van der Waals surface area contributed by atoms with Gasteiger partial charge in [0.25, 0.3) is 0 Å². The van der Waals surface area contributed by atoms with Gasteiger partial charge in [0.2, 0.25) is 0 Å². The zero-order chi connectivity index (χ0) is 26.0. The number of aromatic nitrogens is 4. The minimum absolute atomic E-state index is 0.362. The molecule has 0 spiro atoms. The first-order valence-electron chi connectivity index (χ1n) is 12.2. The van der Waals surface area contributed by atoms with Gasteiger partial charge in [0.05, 0.1) is 35.9 Å². The number of fused-ring (bicyclic) bond motifs is 1. The van der Waals surface area contributed by atoms with Crippen LogP contribution in [0.15, 0.2) is 48.8 Å². The van der Waals surface area contributed by atoms with Crippen molar-refractivity contribution < 1.29 is 23.1 Å². The Balaban J connectivity index is 0.000000355. The number of nitrogens with zero attached hydrogens (tertiary/aromatic N) is 2. The minimum atomic E-state index is -5.08. The molecule has 0 unspecified atom stereocenters. The van der Waals surface area contributed by atoms with E-state index >= 15 is 0 Å². The molecule has 0 radical (unpaired) electrons. The maximum atomic E-state index is 10.6. The van der Waals surface area contributed by atoms with Gasteiger partial charge in [-0.15, -0.1) is 0 Å². The average Bonchev–Trinajstić information content (AvgIpc) is 3.70. The second-order valence-corrected chi connectivity index (χ2v) is 9.24. The monoisotopic (exact) mass is 512 g/mol. The van der Waals surface area contributed by atoms with Crippen LogP contribution in [-0.4, -0.2) is 50.3 Å². The van der Waals surface area contributed by atoms with Gasteiger partial charge in [0.1, 0.15) is 11.6 Å². The minimum Gasteiger partial charge on any atom is -0.475 e. The molecule has 0 saturated carbocycles. The summed E-state index contributed by atoms with van der Waals surface area (Å²) in [6.07, 6.45) is 3.56. The largest absolute Gasteiger partial charge is 0.490 e. The number of carbonyl (C=O) groups is 1. The molecule has 2 aliphatic rings. The van der Waals surface area contributed by atoms with E-state index in [1.165, 1.54) is 34.7 Å². The maximum absolute atomic E-state index is 10.6. The van der Waals surface area contributed by atoms with E-state index in [-0.39, 0.29) is 0 Å². The molecule has 11 heteroatoms. The van der Waals surface area contributed by atoms with Crippen molar-refractivity contribution in [1.29, 1.82) is 0 Å². The van der Waals surface area contributed by atoms with E-state index < -0.39 is 12.1 Å². The van der Waals surface area contributed by atoms with Crippen molar-refractivity contribution in [3.63, 3.8) is 0 Å². The van der Waals surface area contributed by atoms with Crippen molar-refractivity contribution in [2.24, 2.45) is 0 Å². The third kappa shape index (κ3) is 5.67. The molecule has 2 atom stereocenters. The van der Waals surface area contributed by atoms with E-state index in [1.54, 1.807) is 0 Å². The first kappa shape index (κ1) is 25.0. The number of hydrogen-bond acceptors (Lipinski definition) is 5. The highest BCUT2D eigenvalue weighted by Gasteiger charge is 2.38. The quantitative estimate of drug-likeness (QED) is 0.260. The molecular formula is C26H27F3N6O2. The molecule has 5 N–H and O–H groups in total. The first-order valence-corrected chi connectivity index (χ1v) is 12.2. The number of alkyl halides is 3.